The molecule has 1 atom stereocenters. The van der Waals surface area contributed by atoms with Crippen molar-refractivity contribution in [3.05, 3.63) is 33.8 Å². The standard InChI is InChI=1S/C12H18BrNO/c1-8(2)15-7-12(14)11-5-4-10(13)6-9(11)3/h4-6,8,12H,7,14H2,1-3H3. The number of halogens is 1. The number of aryl methyl sites for hydroxylation is 1. The maximum absolute atomic E-state index is 6.05. The Morgan fingerprint density at radius 2 is 2.07 bits per heavy atom. The van der Waals surface area contributed by atoms with E-state index in [1.165, 1.54) is 5.56 Å². The molecule has 1 rings (SSSR count). The Morgan fingerprint density at radius 3 is 2.60 bits per heavy atom. The minimum absolute atomic E-state index is 0.0412. The first-order chi connectivity index (χ1) is 7.00. The van der Waals surface area contributed by atoms with E-state index >= 15 is 0 Å². The van der Waals surface area contributed by atoms with Gasteiger partial charge >= 0.3 is 0 Å². The monoisotopic (exact) mass is 271 g/mol. The summed E-state index contributed by atoms with van der Waals surface area (Å²) in [5.74, 6) is 0. The van der Waals surface area contributed by atoms with Gasteiger partial charge in [-0.2, -0.15) is 0 Å². The summed E-state index contributed by atoms with van der Waals surface area (Å²) in [4.78, 5) is 0. The lowest BCUT2D eigenvalue weighted by atomic mass is 10.0. The largest absolute Gasteiger partial charge is 0.377 e. The molecule has 0 aromatic heterocycles. The first-order valence-electron chi connectivity index (χ1n) is 5.14. The lowest BCUT2D eigenvalue weighted by molar-refractivity contribution is 0.0682. The van der Waals surface area contributed by atoms with Crippen LogP contribution in [-0.2, 0) is 4.74 Å². The number of benzene rings is 1. The van der Waals surface area contributed by atoms with Crippen molar-refractivity contribution >= 4 is 15.9 Å². The van der Waals surface area contributed by atoms with Crippen molar-refractivity contribution < 1.29 is 4.74 Å². The van der Waals surface area contributed by atoms with Crippen molar-refractivity contribution in [1.82, 2.24) is 0 Å². The van der Waals surface area contributed by atoms with Crippen LogP contribution in [0.2, 0.25) is 0 Å². The molecule has 0 saturated carbocycles. The van der Waals surface area contributed by atoms with Gasteiger partial charge < -0.3 is 10.5 Å². The molecule has 0 saturated heterocycles. The van der Waals surface area contributed by atoms with E-state index < -0.39 is 0 Å². The number of hydrogen-bond donors (Lipinski definition) is 1. The molecule has 1 unspecified atom stereocenters. The van der Waals surface area contributed by atoms with Gasteiger partial charge in [-0.05, 0) is 44.0 Å². The quantitative estimate of drug-likeness (QED) is 0.913. The van der Waals surface area contributed by atoms with Gasteiger partial charge in [0, 0.05) is 4.47 Å². The van der Waals surface area contributed by atoms with E-state index in [0.717, 1.165) is 10.0 Å². The van der Waals surface area contributed by atoms with E-state index in [1.807, 2.05) is 26.0 Å². The van der Waals surface area contributed by atoms with Crippen LogP contribution in [0.3, 0.4) is 0 Å². The SMILES string of the molecule is Cc1cc(Br)ccc1C(N)COC(C)C. The second kappa shape index (κ2) is 5.64. The molecule has 0 aliphatic rings. The average molecular weight is 272 g/mol. The van der Waals surface area contributed by atoms with Crippen LogP contribution in [0.1, 0.15) is 31.0 Å². The Morgan fingerprint density at radius 1 is 1.40 bits per heavy atom. The van der Waals surface area contributed by atoms with Crippen LogP contribution in [0.4, 0.5) is 0 Å². The summed E-state index contributed by atoms with van der Waals surface area (Å²) in [7, 11) is 0. The van der Waals surface area contributed by atoms with E-state index in [4.69, 9.17) is 10.5 Å². The summed E-state index contributed by atoms with van der Waals surface area (Å²) < 4.78 is 6.59. The fraction of sp³-hybridized carbons (Fsp3) is 0.500. The van der Waals surface area contributed by atoms with Gasteiger partial charge in [-0.3, -0.25) is 0 Å². The number of rotatable bonds is 4. The highest BCUT2D eigenvalue weighted by Gasteiger charge is 2.09. The zero-order valence-corrected chi connectivity index (χ0v) is 11.0. The average Bonchev–Trinajstić information content (AvgIpc) is 2.14. The van der Waals surface area contributed by atoms with Gasteiger partial charge in [0.25, 0.3) is 0 Å². The van der Waals surface area contributed by atoms with Gasteiger partial charge in [0.1, 0.15) is 0 Å². The smallest absolute Gasteiger partial charge is 0.0662 e. The summed E-state index contributed by atoms with van der Waals surface area (Å²) >= 11 is 3.44. The van der Waals surface area contributed by atoms with Gasteiger partial charge in [0.05, 0.1) is 18.8 Å². The van der Waals surface area contributed by atoms with Crippen molar-refractivity contribution in [2.75, 3.05) is 6.61 Å². The Balaban J connectivity index is 2.69. The summed E-state index contributed by atoms with van der Waals surface area (Å²) in [5, 5.41) is 0. The molecule has 3 heteroatoms. The van der Waals surface area contributed by atoms with Gasteiger partial charge in [-0.25, -0.2) is 0 Å². The molecule has 0 fully saturated rings. The molecule has 0 amide bonds. The van der Waals surface area contributed by atoms with Crippen molar-refractivity contribution in [3.63, 3.8) is 0 Å². The fourth-order valence-corrected chi connectivity index (χ4v) is 1.92. The van der Waals surface area contributed by atoms with E-state index in [-0.39, 0.29) is 12.1 Å². The summed E-state index contributed by atoms with van der Waals surface area (Å²) in [6.07, 6.45) is 0.229. The summed E-state index contributed by atoms with van der Waals surface area (Å²) in [6, 6.07) is 6.09. The second-order valence-corrected chi connectivity index (χ2v) is 4.91. The third kappa shape index (κ3) is 3.93. The predicted molar refractivity (Wildman–Crippen MR) is 66.9 cm³/mol. The summed E-state index contributed by atoms with van der Waals surface area (Å²) in [5.41, 5.74) is 8.40. The Kier molecular flexibility index (Phi) is 4.77. The molecule has 0 heterocycles. The number of nitrogens with two attached hydrogens (primary N) is 1. The number of hydrogen-bond acceptors (Lipinski definition) is 2. The molecule has 1 aromatic rings. The first kappa shape index (κ1) is 12.7. The molecule has 2 nitrogen and oxygen atoms in total. The van der Waals surface area contributed by atoms with Crippen molar-refractivity contribution in [2.24, 2.45) is 5.73 Å². The van der Waals surface area contributed by atoms with E-state index in [0.29, 0.717) is 6.61 Å². The zero-order valence-electron chi connectivity index (χ0n) is 9.46. The molecule has 0 aliphatic carbocycles. The number of ether oxygens (including phenoxy) is 1. The highest BCUT2D eigenvalue weighted by atomic mass is 79.9. The van der Waals surface area contributed by atoms with Crippen LogP contribution in [-0.4, -0.2) is 12.7 Å². The Labute approximate surface area is 99.9 Å². The molecule has 1 aromatic carbocycles. The maximum Gasteiger partial charge on any atom is 0.0662 e. The molecule has 0 spiro atoms. The lowest BCUT2D eigenvalue weighted by Crippen LogP contribution is -2.20. The Bertz CT molecular complexity index is 325. The third-order valence-electron chi connectivity index (χ3n) is 2.24. The molecule has 0 bridgehead atoms. The van der Waals surface area contributed by atoms with E-state index in [2.05, 4.69) is 28.9 Å². The van der Waals surface area contributed by atoms with Crippen LogP contribution in [0.25, 0.3) is 0 Å². The third-order valence-corrected chi connectivity index (χ3v) is 2.73. The Hall–Kier alpha value is -0.380. The van der Waals surface area contributed by atoms with Crippen LogP contribution in [0.15, 0.2) is 22.7 Å². The molecule has 84 valence electrons. The van der Waals surface area contributed by atoms with Gasteiger partial charge in [-0.1, -0.05) is 22.0 Å². The molecule has 15 heavy (non-hydrogen) atoms. The minimum Gasteiger partial charge on any atom is -0.377 e. The molecule has 0 aliphatic heterocycles. The van der Waals surface area contributed by atoms with E-state index in [9.17, 15) is 0 Å². The maximum atomic E-state index is 6.05. The van der Waals surface area contributed by atoms with Crippen LogP contribution in [0, 0.1) is 6.92 Å². The lowest BCUT2D eigenvalue weighted by Gasteiger charge is -2.16. The van der Waals surface area contributed by atoms with Crippen LogP contribution >= 0.6 is 15.9 Å². The van der Waals surface area contributed by atoms with Crippen LogP contribution < -0.4 is 5.73 Å². The van der Waals surface area contributed by atoms with Crippen molar-refractivity contribution in [2.45, 2.75) is 32.9 Å². The van der Waals surface area contributed by atoms with Crippen molar-refractivity contribution in [3.8, 4) is 0 Å². The zero-order chi connectivity index (χ0) is 11.4. The molecular weight excluding hydrogens is 254 g/mol. The molecule has 0 radical (unpaired) electrons. The molecular formula is C12H18BrNO. The summed E-state index contributed by atoms with van der Waals surface area (Å²) in [6.45, 7) is 6.66. The fourth-order valence-electron chi connectivity index (χ4n) is 1.44. The highest BCUT2D eigenvalue weighted by molar-refractivity contribution is 9.10. The van der Waals surface area contributed by atoms with Crippen LogP contribution in [0.5, 0.6) is 0 Å². The molecule has 2 N–H and O–H groups in total. The minimum atomic E-state index is -0.0412. The second-order valence-electron chi connectivity index (χ2n) is 3.99. The van der Waals surface area contributed by atoms with Gasteiger partial charge in [0.15, 0.2) is 0 Å². The van der Waals surface area contributed by atoms with Gasteiger partial charge in [-0.15, -0.1) is 0 Å². The van der Waals surface area contributed by atoms with E-state index in [1.54, 1.807) is 0 Å². The topological polar surface area (TPSA) is 35.2 Å². The first-order valence-corrected chi connectivity index (χ1v) is 5.93. The highest BCUT2D eigenvalue weighted by Crippen LogP contribution is 2.20. The van der Waals surface area contributed by atoms with Crippen molar-refractivity contribution in [1.29, 1.82) is 0 Å². The van der Waals surface area contributed by atoms with Gasteiger partial charge in [0.2, 0.25) is 0 Å². The predicted octanol–water partition coefficient (Wildman–Crippen LogP) is 3.18. The normalized spacial score (nSPS) is 13.2.